The van der Waals surface area contributed by atoms with Gasteiger partial charge in [0.25, 0.3) is 0 Å². The third-order valence-corrected chi connectivity index (χ3v) is 2.60. The van der Waals surface area contributed by atoms with Gasteiger partial charge in [0.05, 0.1) is 12.7 Å². The highest BCUT2D eigenvalue weighted by molar-refractivity contribution is 9.08. The lowest BCUT2D eigenvalue weighted by Crippen LogP contribution is -2.03. The Labute approximate surface area is 90.8 Å². The molecule has 76 valence electrons. The van der Waals surface area contributed by atoms with Crippen molar-refractivity contribution >= 4 is 21.9 Å². The Morgan fingerprint density at radius 3 is 2.64 bits per heavy atom. The molecule has 0 amide bonds. The second kappa shape index (κ2) is 4.46. The monoisotopic (exact) mass is 258 g/mol. The Kier molecular flexibility index (Phi) is 3.52. The Bertz CT molecular complexity index is 361. The van der Waals surface area contributed by atoms with Crippen LogP contribution in [0.1, 0.15) is 21.5 Å². The molecular weight excluding hydrogens is 248 g/mol. The van der Waals surface area contributed by atoms with Crippen LogP contribution in [0.15, 0.2) is 12.1 Å². The normalized spacial score (nSPS) is 9.93. The summed E-state index contributed by atoms with van der Waals surface area (Å²) in [6.07, 6.45) is 0. The summed E-state index contributed by atoms with van der Waals surface area (Å²) in [7, 11) is 1.57. The van der Waals surface area contributed by atoms with Gasteiger partial charge in [-0.15, -0.1) is 0 Å². The summed E-state index contributed by atoms with van der Waals surface area (Å²) in [5, 5.41) is 9.43. The van der Waals surface area contributed by atoms with Gasteiger partial charge in [0, 0.05) is 5.33 Å². The number of aromatic carboxylic acids is 1. The molecule has 0 spiro atoms. The van der Waals surface area contributed by atoms with E-state index >= 15 is 0 Å². The molecule has 1 aromatic rings. The van der Waals surface area contributed by atoms with Crippen LogP contribution in [0.2, 0.25) is 0 Å². The van der Waals surface area contributed by atoms with Crippen molar-refractivity contribution in [2.45, 2.75) is 12.3 Å². The lowest BCUT2D eigenvalue weighted by atomic mass is 10.0. The van der Waals surface area contributed by atoms with Crippen LogP contribution in [0.5, 0.6) is 5.75 Å². The van der Waals surface area contributed by atoms with Crippen molar-refractivity contribution in [1.82, 2.24) is 0 Å². The van der Waals surface area contributed by atoms with Crippen LogP contribution >= 0.6 is 15.9 Å². The number of benzene rings is 1. The predicted molar refractivity (Wildman–Crippen MR) is 57.3 cm³/mol. The SMILES string of the molecule is COc1cc(CBr)c(C(=O)O)cc1C. The largest absolute Gasteiger partial charge is 0.496 e. The number of halogens is 1. The zero-order valence-electron chi connectivity index (χ0n) is 8.00. The first-order valence-corrected chi connectivity index (χ1v) is 5.19. The number of carbonyl (C=O) groups is 1. The van der Waals surface area contributed by atoms with Crippen LogP contribution in [-0.2, 0) is 5.33 Å². The summed E-state index contributed by atoms with van der Waals surface area (Å²) in [6.45, 7) is 1.82. The van der Waals surface area contributed by atoms with Gasteiger partial charge in [-0.2, -0.15) is 0 Å². The second-order valence-corrected chi connectivity index (χ2v) is 3.48. The number of ether oxygens (including phenoxy) is 1. The van der Waals surface area contributed by atoms with E-state index in [2.05, 4.69) is 15.9 Å². The van der Waals surface area contributed by atoms with Crippen LogP contribution in [0.4, 0.5) is 0 Å². The van der Waals surface area contributed by atoms with Crippen molar-refractivity contribution in [3.8, 4) is 5.75 Å². The van der Waals surface area contributed by atoms with E-state index in [0.717, 1.165) is 11.1 Å². The Hall–Kier alpha value is -1.03. The predicted octanol–water partition coefficient (Wildman–Crippen LogP) is 2.60. The highest BCUT2D eigenvalue weighted by Crippen LogP contribution is 2.24. The van der Waals surface area contributed by atoms with Gasteiger partial charge in [-0.1, -0.05) is 15.9 Å². The van der Waals surface area contributed by atoms with Crippen LogP contribution in [0.25, 0.3) is 0 Å². The third kappa shape index (κ3) is 2.07. The molecule has 1 N–H and O–H groups in total. The molecule has 0 saturated carbocycles. The Balaban J connectivity index is 3.31. The average molecular weight is 259 g/mol. The molecule has 0 radical (unpaired) electrons. The van der Waals surface area contributed by atoms with Crippen LogP contribution < -0.4 is 4.74 Å². The smallest absolute Gasteiger partial charge is 0.336 e. The van der Waals surface area contributed by atoms with Gasteiger partial charge in [0.15, 0.2) is 0 Å². The summed E-state index contributed by atoms with van der Waals surface area (Å²) in [5.74, 6) is -0.199. The highest BCUT2D eigenvalue weighted by Gasteiger charge is 2.12. The van der Waals surface area contributed by atoms with Crippen LogP contribution in [0, 0.1) is 6.92 Å². The van der Waals surface area contributed by atoms with E-state index in [0.29, 0.717) is 16.6 Å². The summed E-state index contributed by atoms with van der Waals surface area (Å²) in [6, 6.07) is 3.37. The molecule has 0 saturated heterocycles. The molecule has 0 unspecified atom stereocenters. The van der Waals surface area contributed by atoms with Crippen molar-refractivity contribution in [3.05, 3.63) is 28.8 Å². The Morgan fingerprint density at radius 1 is 1.57 bits per heavy atom. The van der Waals surface area contributed by atoms with Crippen molar-refractivity contribution in [2.24, 2.45) is 0 Å². The average Bonchev–Trinajstić information content (AvgIpc) is 2.17. The van der Waals surface area contributed by atoms with Gasteiger partial charge >= 0.3 is 5.97 Å². The fourth-order valence-corrected chi connectivity index (χ4v) is 1.72. The van der Waals surface area contributed by atoms with Crippen molar-refractivity contribution < 1.29 is 14.6 Å². The van der Waals surface area contributed by atoms with E-state index in [1.54, 1.807) is 19.2 Å². The molecule has 1 rings (SSSR count). The third-order valence-electron chi connectivity index (χ3n) is 2.00. The molecule has 0 heterocycles. The zero-order chi connectivity index (χ0) is 10.7. The minimum Gasteiger partial charge on any atom is -0.496 e. The molecule has 0 aliphatic rings. The van der Waals surface area contributed by atoms with Gasteiger partial charge < -0.3 is 9.84 Å². The maximum Gasteiger partial charge on any atom is 0.336 e. The van der Waals surface area contributed by atoms with Crippen LogP contribution in [0.3, 0.4) is 0 Å². The second-order valence-electron chi connectivity index (χ2n) is 2.92. The van der Waals surface area contributed by atoms with Gasteiger partial charge in [0.1, 0.15) is 5.75 Å². The number of methoxy groups -OCH3 is 1. The molecule has 14 heavy (non-hydrogen) atoms. The zero-order valence-corrected chi connectivity index (χ0v) is 9.59. The van der Waals surface area contributed by atoms with Crippen LogP contribution in [-0.4, -0.2) is 18.2 Å². The molecule has 0 aliphatic carbocycles. The summed E-state index contributed by atoms with van der Waals surface area (Å²) < 4.78 is 5.11. The molecule has 0 aromatic heterocycles. The quantitative estimate of drug-likeness (QED) is 0.848. The van der Waals surface area contributed by atoms with Crippen molar-refractivity contribution in [3.63, 3.8) is 0 Å². The van der Waals surface area contributed by atoms with E-state index in [1.807, 2.05) is 6.92 Å². The maximum absolute atomic E-state index is 10.9. The lowest BCUT2D eigenvalue weighted by molar-refractivity contribution is 0.0696. The molecule has 0 bridgehead atoms. The Morgan fingerprint density at radius 2 is 2.21 bits per heavy atom. The molecule has 3 nitrogen and oxygen atoms in total. The standard InChI is InChI=1S/C10H11BrO3/c1-6-3-8(10(12)13)7(5-11)4-9(6)14-2/h3-4H,5H2,1-2H3,(H,12,13). The van der Waals surface area contributed by atoms with E-state index < -0.39 is 5.97 Å². The number of carboxylic acids is 1. The number of alkyl halides is 1. The molecular formula is C10H11BrO3. The topological polar surface area (TPSA) is 46.5 Å². The molecule has 0 atom stereocenters. The number of rotatable bonds is 3. The molecule has 0 aliphatic heterocycles. The van der Waals surface area contributed by atoms with E-state index in [9.17, 15) is 4.79 Å². The van der Waals surface area contributed by atoms with Gasteiger partial charge in [0.2, 0.25) is 0 Å². The number of hydrogen-bond acceptors (Lipinski definition) is 2. The number of carboxylic acid groups (broad SMARTS) is 1. The molecule has 4 heteroatoms. The first-order valence-electron chi connectivity index (χ1n) is 4.07. The fourth-order valence-electron chi connectivity index (χ4n) is 1.26. The number of aryl methyl sites for hydroxylation is 1. The fraction of sp³-hybridized carbons (Fsp3) is 0.300. The minimum absolute atomic E-state index is 0.320. The molecule has 1 aromatic carbocycles. The summed E-state index contributed by atoms with van der Waals surface area (Å²) in [5.41, 5.74) is 1.87. The van der Waals surface area contributed by atoms with Crippen molar-refractivity contribution in [1.29, 1.82) is 0 Å². The summed E-state index contributed by atoms with van der Waals surface area (Å²) >= 11 is 3.25. The minimum atomic E-state index is -0.912. The highest BCUT2D eigenvalue weighted by atomic mass is 79.9. The van der Waals surface area contributed by atoms with Gasteiger partial charge in [-0.05, 0) is 30.2 Å². The van der Waals surface area contributed by atoms with Crippen molar-refractivity contribution in [2.75, 3.05) is 7.11 Å². The number of hydrogen-bond donors (Lipinski definition) is 1. The maximum atomic E-state index is 10.9. The van der Waals surface area contributed by atoms with E-state index in [4.69, 9.17) is 9.84 Å². The lowest BCUT2D eigenvalue weighted by Gasteiger charge is -2.09. The van der Waals surface area contributed by atoms with Gasteiger partial charge in [-0.25, -0.2) is 4.79 Å². The van der Waals surface area contributed by atoms with E-state index in [1.165, 1.54) is 0 Å². The molecule has 0 fully saturated rings. The first kappa shape index (κ1) is 11.0. The van der Waals surface area contributed by atoms with Gasteiger partial charge in [-0.3, -0.25) is 0 Å². The van der Waals surface area contributed by atoms with E-state index in [-0.39, 0.29) is 0 Å². The summed E-state index contributed by atoms with van der Waals surface area (Å²) in [4.78, 5) is 10.9. The first-order chi connectivity index (χ1) is 6.60.